The molecule has 0 fully saturated rings. The van der Waals surface area contributed by atoms with Gasteiger partial charge in [0.15, 0.2) is 0 Å². The molecule has 23 heavy (non-hydrogen) atoms. The molecular formula is C18H27NO4. The molecule has 0 saturated carbocycles. The van der Waals surface area contributed by atoms with Crippen molar-refractivity contribution in [2.24, 2.45) is 5.92 Å². The maximum Gasteiger partial charge on any atom is 0.407 e. The maximum atomic E-state index is 11.6. The first-order valence-electron chi connectivity index (χ1n) is 7.87. The van der Waals surface area contributed by atoms with E-state index >= 15 is 0 Å². The molecule has 1 atom stereocenters. The van der Waals surface area contributed by atoms with E-state index in [-0.39, 0.29) is 6.54 Å². The van der Waals surface area contributed by atoms with Gasteiger partial charge in [0.2, 0.25) is 0 Å². The Morgan fingerprint density at radius 2 is 1.74 bits per heavy atom. The number of benzene rings is 1. The number of hydrogen-bond donors (Lipinski definition) is 2. The van der Waals surface area contributed by atoms with E-state index in [0.29, 0.717) is 12.3 Å². The van der Waals surface area contributed by atoms with Crippen LogP contribution in [0.2, 0.25) is 0 Å². The quantitative estimate of drug-likeness (QED) is 0.839. The molecule has 1 amide bonds. The number of hydrogen-bond acceptors (Lipinski definition) is 3. The first-order chi connectivity index (χ1) is 10.6. The Kier molecular flexibility index (Phi) is 6.61. The van der Waals surface area contributed by atoms with Crippen LogP contribution in [-0.2, 0) is 16.0 Å². The molecule has 0 aliphatic carbocycles. The Balaban J connectivity index is 2.62. The van der Waals surface area contributed by atoms with Crippen molar-refractivity contribution in [3.05, 3.63) is 35.4 Å². The second-order valence-electron chi connectivity index (χ2n) is 7.02. The van der Waals surface area contributed by atoms with E-state index in [2.05, 4.69) is 19.2 Å². The standard InChI is InChI=1S/C18H27NO4/c1-12(2)14-8-6-13(7-9-14)10-15(16(20)21)11-19-17(22)23-18(3,4)5/h6-9,12,15H,10-11H2,1-5H3,(H,19,22)(H,20,21)/t15-/m0/s1. The van der Waals surface area contributed by atoms with Gasteiger partial charge < -0.3 is 15.2 Å². The number of nitrogens with one attached hydrogen (secondary N) is 1. The number of ether oxygens (including phenoxy) is 1. The normalized spacial score (nSPS) is 12.8. The largest absolute Gasteiger partial charge is 0.481 e. The van der Waals surface area contributed by atoms with Gasteiger partial charge in [-0.3, -0.25) is 4.79 Å². The Morgan fingerprint density at radius 3 is 2.17 bits per heavy atom. The van der Waals surface area contributed by atoms with Crippen LogP contribution < -0.4 is 5.32 Å². The summed E-state index contributed by atoms with van der Waals surface area (Å²) in [5, 5.41) is 11.9. The zero-order valence-electron chi connectivity index (χ0n) is 14.6. The average molecular weight is 321 g/mol. The van der Waals surface area contributed by atoms with Crippen LogP contribution in [0.25, 0.3) is 0 Å². The number of amides is 1. The fraction of sp³-hybridized carbons (Fsp3) is 0.556. The van der Waals surface area contributed by atoms with Crippen molar-refractivity contribution in [1.82, 2.24) is 5.32 Å². The fourth-order valence-electron chi connectivity index (χ4n) is 2.09. The van der Waals surface area contributed by atoms with Gasteiger partial charge in [-0.1, -0.05) is 38.1 Å². The van der Waals surface area contributed by atoms with Gasteiger partial charge in [0.05, 0.1) is 5.92 Å². The van der Waals surface area contributed by atoms with Gasteiger partial charge in [-0.2, -0.15) is 0 Å². The van der Waals surface area contributed by atoms with Gasteiger partial charge in [-0.15, -0.1) is 0 Å². The average Bonchev–Trinajstić information content (AvgIpc) is 2.41. The van der Waals surface area contributed by atoms with E-state index in [1.165, 1.54) is 5.56 Å². The number of alkyl carbamates (subject to hydrolysis) is 1. The molecule has 0 aliphatic heterocycles. The Bertz CT molecular complexity index is 529. The first-order valence-corrected chi connectivity index (χ1v) is 7.87. The van der Waals surface area contributed by atoms with Crippen LogP contribution in [0.1, 0.15) is 51.7 Å². The number of carboxylic acids is 1. The summed E-state index contributed by atoms with van der Waals surface area (Å²) >= 11 is 0. The summed E-state index contributed by atoms with van der Waals surface area (Å²) in [5.74, 6) is -1.19. The van der Waals surface area contributed by atoms with Gasteiger partial charge in [-0.25, -0.2) is 4.79 Å². The summed E-state index contributed by atoms with van der Waals surface area (Å²) in [6.07, 6.45) is -0.234. The molecule has 5 heteroatoms. The summed E-state index contributed by atoms with van der Waals surface area (Å²) in [7, 11) is 0. The summed E-state index contributed by atoms with van der Waals surface area (Å²) < 4.78 is 5.12. The van der Waals surface area contributed by atoms with E-state index < -0.39 is 23.6 Å². The molecule has 0 saturated heterocycles. The smallest absolute Gasteiger partial charge is 0.407 e. The molecule has 1 aromatic carbocycles. The summed E-state index contributed by atoms with van der Waals surface area (Å²) in [5.41, 5.74) is 1.55. The number of aliphatic carboxylic acids is 1. The van der Waals surface area contributed by atoms with E-state index in [1.807, 2.05) is 24.3 Å². The van der Waals surface area contributed by atoms with Gasteiger partial charge in [0, 0.05) is 6.54 Å². The fourth-order valence-corrected chi connectivity index (χ4v) is 2.09. The van der Waals surface area contributed by atoms with Gasteiger partial charge in [0.1, 0.15) is 5.60 Å². The monoisotopic (exact) mass is 321 g/mol. The lowest BCUT2D eigenvalue weighted by atomic mass is 9.96. The molecule has 0 aromatic heterocycles. The van der Waals surface area contributed by atoms with Crippen LogP contribution in [0.15, 0.2) is 24.3 Å². The minimum Gasteiger partial charge on any atom is -0.481 e. The SMILES string of the molecule is CC(C)c1ccc(C[C@@H](CNC(=O)OC(C)(C)C)C(=O)O)cc1. The molecular weight excluding hydrogens is 294 g/mol. The van der Waals surface area contributed by atoms with Crippen LogP contribution in [0.3, 0.4) is 0 Å². The molecule has 0 unspecified atom stereocenters. The van der Waals surface area contributed by atoms with Crippen LogP contribution >= 0.6 is 0 Å². The summed E-state index contributed by atoms with van der Waals surface area (Å²) in [6.45, 7) is 9.54. The minimum absolute atomic E-state index is 0.0379. The molecule has 5 nitrogen and oxygen atoms in total. The van der Waals surface area contributed by atoms with Gasteiger partial charge in [0.25, 0.3) is 0 Å². The predicted molar refractivity (Wildman–Crippen MR) is 89.6 cm³/mol. The third-order valence-corrected chi connectivity index (χ3v) is 3.37. The zero-order chi connectivity index (χ0) is 17.6. The maximum absolute atomic E-state index is 11.6. The van der Waals surface area contributed by atoms with Crippen LogP contribution in [0.5, 0.6) is 0 Å². The van der Waals surface area contributed by atoms with Crippen molar-refractivity contribution >= 4 is 12.1 Å². The Labute approximate surface area is 138 Å². The lowest BCUT2D eigenvalue weighted by Crippen LogP contribution is -2.37. The molecule has 128 valence electrons. The summed E-state index contributed by atoms with van der Waals surface area (Å²) in [4.78, 5) is 23.0. The molecule has 2 N–H and O–H groups in total. The lowest BCUT2D eigenvalue weighted by molar-refractivity contribution is -0.141. The summed E-state index contributed by atoms with van der Waals surface area (Å²) in [6, 6.07) is 7.91. The number of carbonyl (C=O) groups excluding carboxylic acids is 1. The highest BCUT2D eigenvalue weighted by Gasteiger charge is 2.21. The molecule has 0 radical (unpaired) electrons. The second-order valence-corrected chi connectivity index (χ2v) is 7.02. The van der Waals surface area contributed by atoms with Crippen LogP contribution in [-0.4, -0.2) is 29.3 Å². The molecule has 0 aliphatic rings. The van der Waals surface area contributed by atoms with Gasteiger partial charge >= 0.3 is 12.1 Å². The molecule has 0 bridgehead atoms. The minimum atomic E-state index is -0.936. The molecule has 0 spiro atoms. The van der Waals surface area contributed by atoms with E-state index in [0.717, 1.165) is 5.56 Å². The van der Waals surface area contributed by atoms with Gasteiger partial charge in [-0.05, 0) is 44.2 Å². The zero-order valence-corrected chi connectivity index (χ0v) is 14.6. The molecule has 0 heterocycles. The molecule has 1 aromatic rings. The number of rotatable bonds is 6. The topological polar surface area (TPSA) is 75.6 Å². The van der Waals surface area contributed by atoms with E-state index in [4.69, 9.17) is 4.74 Å². The molecule has 1 rings (SSSR count). The second kappa shape index (κ2) is 7.99. The third kappa shape index (κ3) is 7.17. The Hall–Kier alpha value is -2.04. The highest BCUT2D eigenvalue weighted by atomic mass is 16.6. The van der Waals surface area contributed by atoms with E-state index in [1.54, 1.807) is 20.8 Å². The van der Waals surface area contributed by atoms with Crippen molar-refractivity contribution < 1.29 is 19.4 Å². The van der Waals surface area contributed by atoms with E-state index in [9.17, 15) is 14.7 Å². The van der Waals surface area contributed by atoms with Crippen molar-refractivity contribution in [3.8, 4) is 0 Å². The third-order valence-electron chi connectivity index (χ3n) is 3.37. The Morgan fingerprint density at radius 1 is 1.17 bits per heavy atom. The number of carboxylic acid groups (broad SMARTS) is 1. The predicted octanol–water partition coefficient (Wildman–Crippen LogP) is 3.58. The van der Waals surface area contributed by atoms with Crippen molar-refractivity contribution in [2.75, 3.05) is 6.54 Å². The highest BCUT2D eigenvalue weighted by molar-refractivity contribution is 5.73. The van der Waals surface area contributed by atoms with Crippen LogP contribution in [0, 0.1) is 5.92 Å². The number of carbonyl (C=O) groups is 2. The highest BCUT2D eigenvalue weighted by Crippen LogP contribution is 2.17. The first kappa shape index (κ1) is 19.0. The van der Waals surface area contributed by atoms with Crippen molar-refractivity contribution in [3.63, 3.8) is 0 Å². The van der Waals surface area contributed by atoms with Crippen LogP contribution in [0.4, 0.5) is 4.79 Å². The van der Waals surface area contributed by atoms with Crippen molar-refractivity contribution in [2.45, 2.75) is 52.6 Å². The lowest BCUT2D eigenvalue weighted by Gasteiger charge is -2.21. The van der Waals surface area contributed by atoms with Crippen molar-refractivity contribution in [1.29, 1.82) is 0 Å².